The summed E-state index contributed by atoms with van der Waals surface area (Å²) in [5.41, 5.74) is 0.648. The SMILES string of the molecule is Cc1nc(NCCNS(=O)(=O)Cc2cccc(Cl)c2)cc(N2CCOCC2)n1. The summed E-state index contributed by atoms with van der Waals surface area (Å²) in [6.07, 6.45) is 0. The molecule has 1 aromatic carbocycles. The van der Waals surface area contributed by atoms with Crippen molar-refractivity contribution < 1.29 is 13.2 Å². The average molecular weight is 426 g/mol. The van der Waals surface area contributed by atoms with Crippen LogP contribution in [0.3, 0.4) is 0 Å². The summed E-state index contributed by atoms with van der Waals surface area (Å²) >= 11 is 5.90. The molecule has 28 heavy (non-hydrogen) atoms. The van der Waals surface area contributed by atoms with Crippen molar-refractivity contribution in [2.24, 2.45) is 0 Å². The van der Waals surface area contributed by atoms with Gasteiger partial charge < -0.3 is 15.0 Å². The number of aromatic nitrogens is 2. The second kappa shape index (κ2) is 9.51. The largest absolute Gasteiger partial charge is 0.378 e. The molecule has 0 unspecified atom stereocenters. The highest BCUT2D eigenvalue weighted by Gasteiger charge is 2.14. The smallest absolute Gasteiger partial charge is 0.215 e. The van der Waals surface area contributed by atoms with E-state index in [1.807, 2.05) is 13.0 Å². The molecular weight excluding hydrogens is 402 g/mol. The van der Waals surface area contributed by atoms with Gasteiger partial charge in [-0.1, -0.05) is 23.7 Å². The van der Waals surface area contributed by atoms with Crippen molar-refractivity contribution in [2.75, 3.05) is 49.6 Å². The maximum atomic E-state index is 12.2. The number of aryl methyl sites for hydroxylation is 1. The molecule has 8 nitrogen and oxygen atoms in total. The molecule has 1 aliphatic rings. The third kappa shape index (κ3) is 6.30. The number of hydrogen-bond donors (Lipinski definition) is 2. The monoisotopic (exact) mass is 425 g/mol. The number of nitrogens with zero attached hydrogens (tertiary/aromatic N) is 3. The van der Waals surface area contributed by atoms with Crippen LogP contribution in [0.1, 0.15) is 11.4 Å². The lowest BCUT2D eigenvalue weighted by molar-refractivity contribution is 0.122. The molecule has 0 amide bonds. The zero-order valence-corrected chi connectivity index (χ0v) is 17.3. The summed E-state index contributed by atoms with van der Waals surface area (Å²) in [4.78, 5) is 11.0. The van der Waals surface area contributed by atoms with Gasteiger partial charge in [0.1, 0.15) is 17.5 Å². The lowest BCUT2D eigenvalue weighted by Gasteiger charge is -2.28. The average Bonchev–Trinajstić information content (AvgIpc) is 2.65. The molecule has 0 atom stereocenters. The number of anilines is 2. The maximum Gasteiger partial charge on any atom is 0.215 e. The Morgan fingerprint density at radius 2 is 1.96 bits per heavy atom. The third-order valence-electron chi connectivity index (χ3n) is 4.16. The Kier molecular flexibility index (Phi) is 7.06. The Labute approximate surface area is 170 Å². The van der Waals surface area contributed by atoms with Crippen LogP contribution in [0.5, 0.6) is 0 Å². The Bertz CT molecular complexity index is 904. The molecule has 0 aliphatic carbocycles. The lowest BCUT2D eigenvalue weighted by atomic mass is 10.2. The number of morpholine rings is 1. The molecule has 0 radical (unpaired) electrons. The molecule has 0 saturated carbocycles. The fourth-order valence-corrected chi connectivity index (χ4v) is 4.24. The number of rotatable bonds is 8. The van der Waals surface area contributed by atoms with Gasteiger partial charge in [0.15, 0.2) is 0 Å². The summed E-state index contributed by atoms with van der Waals surface area (Å²) in [6.45, 7) is 5.44. The van der Waals surface area contributed by atoms with Gasteiger partial charge in [0.2, 0.25) is 10.0 Å². The summed E-state index contributed by atoms with van der Waals surface area (Å²) in [5.74, 6) is 2.07. The summed E-state index contributed by atoms with van der Waals surface area (Å²) in [5, 5.41) is 3.67. The van der Waals surface area contributed by atoms with Crippen molar-refractivity contribution in [2.45, 2.75) is 12.7 Å². The van der Waals surface area contributed by atoms with Crippen molar-refractivity contribution in [1.29, 1.82) is 0 Å². The minimum Gasteiger partial charge on any atom is -0.378 e. The van der Waals surface area contributed by atoms with Crippen LogP contribution in [0.15, 0.2) is 30.3 Å². The molecule has 1 aromatic heterocycles. The van der Waals surface area contributed by atoms with Gasteiger partial charge in [0.05, 0.1) is 19.0 Å². The van der Waals surface area contributed by atoms with Crippen LogP contribution in [0.2, 0.25) is 5.02 Å². The van der Waals surface area contributed by atoms with Crippen molar-refractivity contribution in [1.82, 2.24) is 14.7 Å². The fourth-order valence-electron chi connectivity index (χ4n) is 2.89. The molecule has 0 spiro atoms. The lowest BCUT2D eigenvalue weighted by Crippen LogP contribution is -2.37. The Morgan fingerprint density at radius 1 is 1.18 bits per heavy atom. The number of nitrogens with one attached hydrogen (secondary N) is 2. The minimum absolute atomic E-state index is 0.110. The van der Waals surface area contributed by atoms with Gasteiger partial charge in [-0.05, 0) is 24.6 Å². The van der Waals surface area contributed by atoms with E-state index in [4.69, 9.17) is 16.3 Å². The van der Waals surface area contributed by atoms with Gasteiger partial charge >= 0.3 is 0 Å². The van der Waals surface area contributed by atoms with Gasteiger partial charge in [-0.25, -0.2) is 23.1 Å². The van der Waals surface area contributed by atoms with Crippen LogP contribution in [0.4, 0.5) is 11.6 Å². The van der Waals surface area contributed by atoms with E-state index in [1.54, 1.807) is 24.3 Å². The number of ether oxygens (including phenoxy) is 1. The van der Waals surface area contributed by atoms with E-state index >= 15 is 0 Å². The van der Waals surface area contributed by atoms with Crippen molar-refractivity contribution in [3.8, 4) is 0 Å². The molecule has 1 fully saturated rings. The molecular formula is C18H24ClN5O3S. The summed E-state index contributed by atoms with van der Waals surface area (Å²) < 4.78 is 32.4. The maximum absolute atomic E-state index is 12.2. The van der Waals surface area contributed by atoms with E-state index in [2.05, 4.69) is 24.9 Å². The second-order valence-corrected chi connectivity index (χ2v) is 8.71. The molecule has 2 N–H and O–H groups in total. The molecule has 1 saturated heterocycles. The van der Waals surface area contributed by atoms with Gasteiger partial charge in [-0.2, -0.15) is 0 Å². The summed E-state index contributed by atoms with van der Waals surface area (Å²) in [7, 11) is -3.44. The van der Waals surface area contributed by atoms with Crippen molar-refractivity contribution >= 4 is 33.3 Å². The van der Waals surface area contributed by atoms with Crippen LogP contribution in [0.25, 0.3) is 0 Å². The van der Waals surface area contributed by atoms with E-state index in [9.17, 15) is 8.42 Å². The third-order valence-corrected chi connectivity index (χ3v) is 5.75. The topological polar surface area (TPSA) is 96.5 Å². The summed E-state index contributed by atoms with van der Waals surface area (Å²) in [6, 6.07) is 8.71. The van der Waals surface area contributed by atoms with E-state index < -0.39 is 10.0 Å². The first-order valence-corrected chi connectivity index (χ1v) is 11.1. The number of sulfonamides is 1. The van der Waals surface area contributed by atoms with Gasteiger partial charge in [0.25, 0.3) is 0 Å². The zero-order chi connectivity index (χ0) is 20.0. The Morgan fingerprint density at radius 3 is 2.71 bits per heavy atom. The first kappa shape index (κ1) is 20.8. The first-order chi connectivity index (χ1) is 13.4. The first-order valence-electron chi connectivity index (χ1n) is 9.05. The van der Waals surface area contributed by atoms with E-state index in [0.717, 1.165) is 18.9 Å². The van der Waals surface area contributed by atoms with Gasteiger partial charge in [0, 0.05) is 37.3 Å². The Balaban J connectivity index is 1.51. The highest BCUT2D eigenvalue weighted by atomic mass is 35.5. The normalized spacial score (nSPS) is 14.9. The van der Waals surface area contributed by atoms with Crippen LogP contribution in [0, 0.1) is 6.92 Å². The van der Waals surface area contributed by atoms with Gasteiger partial charge in [-0.15, -0.1) is 0 Å². The molecule has 0 bridgehead atoms. The molecule has 2 aromatic rings. The highest BCUT2D eigenvalue weighted by molar-refractivity contribution is 7.88. The second-order valence-electron chi connectivity index (χ2n) is 6.47. The van der Waals surface area contributed by atoms with Crippen LogP contribution < -0.4 is 14.9 Å². The van der Waals surface area contributed by atoms with Gasteiger partial charge in [-0.3, -0.25) is 0 Å². The van der Waals surface area contributed by atoms with Crippen LogP contribution in [-0.4, -0.2) is 57.8 Å². The van der Waals surface area contributed by atoms with Crippen LogP contribution in [-0.2, 0) is 20.5 Å². The predicted octanol–water partition coefficient (Wildman–Crippen LogP) is 1.81. The minimum atomic E-state index is -3.44. The number of hydrogen-bond acceptors (Lipinski definition) is 7. The fraction of sp³-hybridized carbons (Fsp3) is 0.444. The number of halogens is 1. The molecule has 10 heteroatoms. The highest BCUT2D eigenvalue weighted by Crippen LogP contribution is 2.17. The van der Waals surface area contributed by atoms with Crippen LogP contribution >= 0.6 is 11.6 Å². The van der Waals surface area contributed by atoms with E-state index in [0.29, 0.717) is 42.0 Å². The molecule has 152 valence electrons. The zero-order valence-electron chi connectivity index (χ0n) is 15.7. The van der Waals surface area contributed by atoms with Crippen molar-refractivity contribution in [3.05, 3.63) is 46.7 Å². The molecule has 2 heterocycles. The number of benzene rings is 1. The van der Waals surface area contributed by atoms with E-state index in [-0.39, 0.29) is 12.3 Å². The van der Waals surface area contributed by atoms with Crippen molar-refractivity contribution in [3.63, 3.8) is 0 Å². The molecule has 1 aliphatic heterocycles. The predicted molar refractivity (Wildman–Crippen MR) is 110 cm³/mol. The van der Waals surface area contributed by atoms with E-state index in [1.165, 1.54) is 0 Å². The molecule has 3 rings (SSSR count). The quantitative estimate of drug-likeness (QED) is 0.622. The standard InChI is InChI=1S/C18H24ClN5O3S/c1-14-22-17(12-18(23-14)24-7-9-27-10-8-24)20-5-6-21-28(25,26)13-15-3-2-4-16(19)11-15/h2-4,11-12,21H,5-10,13H2,1H3,(H,20,22,23). The Hall–Kier alpha value is -1.94.